The Bertz CT molecular complexity index is 1290. The van der Waals surface area contributed by atoms with Crippen molar-refractivity contribution in [1.29, 1.82) is 0 Å². The molecule has 4 rings (SSSR count). The summed E-state index contributed by atoms with van der Waals surface area (Å²) in [7, 11) is 7.37. The molecular formula is C30H44N6O4. The van der Waals surface area contributed by atoms with Crippen molar-refractivity contribution in [3.63, 3.8) is 0 Å². The predicted molar refractivity (Wildman–Crippen MR) is 158 cm³/mol. The van der Waals surface area contributed by atoms with Crippen LogP contribution in [0.4, 0.5) is 5.69 Å². The van der Waals surface area contributed by atoms with Crippen molar-refractivity contribution >= 4 is 34.1 Å². The summed E-state index contributed by atoms with van der Waals surface area (Å²) in [5, 5.41) is 8.57. The fourth-order valence-electron chi connectivity index (χ4n) is 6.20. The molecule has 218 valence electrons. The topological polar surface area (TPSA) is 101 Å². The number of aromatic nitrogens is 2. The summed E-state index contributed by atoms with van der Waals surface area (Å²) >= 11 is 0. The number of nitrogens with zero attached hydrogens (tertiary/aromatic N) is 5. The van der Waals surface area contributed by atoms with Gasteiger partial charge < -0.3 is 24.6 Å². The van der Waals surface area contributed by atoms with Gasteiger partial charge in [-0.25, -0.2) is 4.99 Å². The van der Waals surface area contributed by atoms with E-state index in [0.29, 0.717) is 29.1 Å². The van der Waals surface area contributed by atoms with Gasteiger partial charge in [0, 0.05) is 62.5 Å². The van der Waals surface area contributed by atoms with E-state index < -0.39 is 5.92 Å². The largest absolute Gasteiger partial charge is 0.500 e. The molecule has 10 nitrogen and oxygen atoms in total. The molecule has 10 heteroatoms. The minimum absolute atomic E-state index is 0.115. The molecule has 0 radical (unpaired) electrons. The number of methoxy groups -OCH3 is 2. The lowest BCUT2D eigenvalue weighted by Crippen LogP contribution is -2.44. The van der Waals surface area contributed by atoms with Crippen molar-refractivity contribution in [3.05, 3.63) is 35.2 Å². The van der Waals surface area contributed by atoms with Crippen LogP contribution in [-0.4, -0.2) is 91.8 Å². The molecule has 1 N–H and O–H groups in total. The number of likely N-dealkylation sites (N-methyl/N-ethyl adjacent to an activating group) is 1. The summed E-state index contributed by atoms with van der Waals surface area (Å²) < 4.78 is 12.5. The Hall–Kier alpha value is -3.24. The molecule has 1 atom stereocenters. The first-order valence-corrected chi connectivity index (χ1v) is 14.2. The summed E-state index contributed by atoms with van der Waals surface area (Å²) in [6.07, 6.45) is 8.08. The molecule has 0 saturated heterocycles. The van der Waals surface area contributed by atoms with Gasteiger partial charge in [0.05, 0.1) is 31.1 Å². The van der Waals surface area contributed by atoms with Gasteiger partial charge in [-0.05, 0) is 71.2 Å². The van der Waals surface area contributed by atoms with Gasteiger partial charge in [-0.2, -0.15) is 5.10 Å². The van der Waals surface area contributed by atoms with Gasteiger partial charge in [-0.3, -0.25) is 14.3 Å². The summed E-state index contributed by atoms with van der Waals surface area (Å²) in [4.78, 5) is 35.1. The highest BCUT2D eigenvalue weighted by atomic mass is 16.5. The zero-order valence-corrected chi connectivity index (χ0v) is 25.0. The second kappa shape index (κ2) is 13.0. The molecule has 0 spiro atoms. The Kier molecular flexibility index (Phi) is 9.63. The Morgan fingerprint density at radius 2 is 1.88 bits per heavy atom. The molecule has 1 fully saturated rings. The van der Waals surface area contributed by atoms with Crippen LogP contribution in [0.3, 0.4) is 0 Å². The van der Waals surface area contributed by atoms with Crippen LogP contribution in [0.15, 0.2) is 29.1 Å². The van der Waals surface area contributed by atoms with Gasteiger partial charge in [0.1, 0.15) is 11.7 Å². The maximum Gasteiger partial charge on any atom is 0.258 e. The average Bonchev–Trinajstić information content (AvgIpc) is 3.31. The number of fused-ring (bicyclic) bond motifs is 1. The lowest BCUT2D eigenvalue weighted by atomic mass is 9.88. The zero-order chi connectivity index (χ0) is 29.0. The average molecular weight is 553 g/mol. The number of amides is 2. The van der Waals surface area contributed by atoms with Gasteiger partial charge in [0.15, 0.2) is 0 Å². The lowest BCUT2D eigenvalue weighted by molar-refractivity contribution is -0.121. The lowest BCUT2D eigenvalue weighted by Gasteiger charge is -2.41. The molecule has 40 heavy (non-hydrogen) atoms. The Morgan fingerprint density at radius 3 is 2.52 bits per heavy atom. The van der Waals surface area contributed by atoms with Crippen molar-refractivity contribution in [1.82, 2.24) is 20.0 Å². The van der Waals surface area contributed by atoms with Crippen LogP contribution in [0.25, 0.3) is 10.9 Å². The van der Waals surface area contributed by atoms with E-state index in [2.05, 4.69) is 39.2 Å². The molecule has 1 aliphatic heterocycles. The maximum absolute atomic E-state index is 13.6. The summed E-state index contributed by atoms with van der Waals surface area (Å²) in [5.41, 5.74) is 4.08. The minimum atomic E-state index is -0.637. The molecule has 2 amide bonds. The fraction of sp³-hybridized carbons (Fsp3) is 0.600. The van der Waals surface area contributed by atoms with Crippen LogP contribution in [0, 0.1) is 12.8 Å². The quantitative estimate of drug-likeness (QED) is 0.456. The highest BCUT2D eigenvalue weighted by molar-refractivity contribution is 6.07. The van der Waals surface area contributed by atoms with E-state index in [0.717, 1.165) is 67.5 Å². The third-order valence-corrected chi connectivity index (χ3v) is 8.51. The smallest absolute Gasteiger partial charge is 0.258 e. The monoisotopic (exact) mass is 552 g/mol. The van der Waals surface area contributed by atoms with Crippen LogP contribution in [0.5, 0.6) is 0 Å². The number of ether oxygens (including phenoxy) is 2. The van der Waals surface area contributed by atoms with Crippen molar-refractivity contribution in [2.45, 2.75) is 58.5 Å². The number of anilines is 1. The molecule has 1 aliphatic carbocycles. The number of hydrogen-bond acceptors (Lipinski definition) is 7. The molecule has 2 aliphatic rings. The molecule has 2 heterocycles. The van der Waals surface area contributed by atoms with Gasteiger partial charge in [0.25, 0.3) is 11.8 Å². The predicted octanol–water partition coefficient (Wildman–Crippen LogP) is 3.47. The number of rotatable bonds is 11. The standard InChI is InChI=1S/C30H44N6O4/c1-8-36(22-11-9-21(10-12-22)34(4)13-14-39-6)28-20(3)23(16-26-24(28)18-32-35(26)5)29(37)31-17-25-27(40-7)15-19(2)33-30(25)38/h15-16,18,21-22,25H,8-14,17H2,1-7H3,(H,31,37). The van der Waals surface area contributed by atoms with E-state index in [4.69, 9.17) is 9.47 Å². The Morgan fingerprint density at radius 1 is 1.18 bits per heavy atom. The van der Waals surface area contributed by atoms with Crippen LogP contribution >= 0.6 is 0 Å². The van der Waals surface area contributed by atoms with Crippen LogP contribution in [0.1, 0.15) is 55.5 Å². The van der Waals surface area contributed by atoms with Crippen molar-refractivity contribution in [3.8, 4) is 0 Å². The summed E-state index contributed by atoms with van der Waals surface area (Å²) in [5.74, 6) is -0.659. The molecule has 2 aromatic rings. The van der Waals surface area contributed by atoms with Gasteiger partial charge in [-0.15, -0.1) is 0 Å². The van der Waals surface area contributed by atoms with E-state index in [1.165, 1.54) is 7.11 Å². The van der Waals surface area contributed by atoms with E-state index >= 15 is 0 Å². The number of aliphatic imine (C=N–C) groups is 1. The minimum Gasteiger partial charge on any atom is -0.500 e. The number of nitrogens with one attached hydrogen (secondary N) is 1. The fourth-order valence-corrected chi connectivity index (χ4v) is 6.20. The molecule has 1 aromatic carbocycles. The van der Waals surface area contributed by atoms with Crippen LogP contribution < -0.4 is 10.2 Å². The third-order valence-electron chi connectivity index (χ3n) is 8.51. The Balaban J connectivity index is 1.58. The second-order valence-electron chi connectivity index (χ2n) is 10.9. The van der Waals surface area contributed by atoms with Crippen LogP contribution in [-0.2, 0) is 21.3 Å². The van der Waals surface area contributed by atoms with Gasteiger partial charge >= 0.3 is 0 Å². The highest BCUT2D eigenvalue weighted by Gasteiger charge is 2.31. The molecule has 1 aromatic heterocycles. The summed E-state index contributed by atoms with van der Waals surface area (Å²) in [6.45, 7) is 8.59. The normalized spacial score (nSPS) is 21.4. The number of allylic oxidation sites excluding steroid dienone is 1. The van der Waals surface area contributed by atoms with Gasteiger partial charge in [0.2, 0.25) is 0 Å². The maximum atomic E-state index is 13.6. The Labute approximate surface area is 237 Å². The van der Waals surface area contributed by atoms with E-state index in [-0.39, 0.29) is 18.4 Å². The van der Waals surface area contributed by atoms with Crippen molar-refractivity contribution in [2.75, 3.05) is 52.4 Å². The first kappa shape index (κ1) is 29.7. The van der Waals surface area contributed by atoms with Crippen molar-refractivity contribution in [2.24, 2.45) is 18.0 Å². The first-order chi connectivity index (χ1) is 19.2. The zero-order valence-electron chi connectivity index (χ0n) is 25.0. The highest BCUT2D eigenvalue weighted by Crippen LogP contribution is 2.37. The number of hydrogen-bond donors (Lipinski definition) is 1. The van der Waals surface area contributed by atoms with Gasteiger partial charge in [-0.1, -0.05) is 0 Å². The first-order valence-electron chi connectivity index (χ1n) is 14.2. The van der Waals surface area contributed by atoms with Crippen LogP contribution in [0.2, 0.25) is 0 Å². The van der Waals surface area contributed by atoms with E-state index in [9.17, 15) is 9.59 Å². The van der Waals surface area contributed by atoms with E-state index in [1.54, 1.807) is 20.1 Å². The number of carbonyl (C=O) groups is 2. The number of dihydropyridines is 1. The second-order valence-corrected chi connectivity index (χ2v) is 10.9. The van der Waals surface area contributed by atoms with E-state index in [1.807, 2.05) is 30.9 Å². The van der Waals surface area contributed by atoms with Crippen molar-refractivity contribution < 1.29 is 19.1 Å². The molecular weight excluding hydrogens is 508 g/mol. The SMILES string of the molecule is CCN(c1c(C)c(C(=O)NCC2C(=O)N=C(C)C=C2OC)cc2c1cnn2C)C1CCC(N(C)CCOC)CC1. The third kappa shape index (κ3) is 6.07. The molecule has 1 unspecified atom stereocenters. The number of benzene rings is 1. The number of carbonyl (C=O) groups excluding carboxylic acids is 2. The summed E-state index contributed by atoms with van der Waals surface area (Å²) in [6, 6.07) is 2.85. The molecule has 0 bridgehead atoms. The molecule has 1 saturated carbocycles. The number of aryl methyl sites for hydroxylation is 1.